The largest absolute Gasteiger partial charge is 0.497 e. The number of amides is 4. The van der Waals surface area contributed by atoms with Gasteiger partial charge in [-0.2, -0.15) is 0 Å². The Hall–Kier alpha value is -4.34. The quantitative estimate of drug-likeness (QED) is 0.386. The van der Waals surface area contributed by atoms with Gasteiger partial charge in [-0.1, -0.05) is 18.2 Å². The third-order valence-corrected chi connectivity index (χ3v) is 4.71. The smallest absolute Gasteiger partial charge is 0.329 e. The van der Waals surface area contributed by atoms with Crippen molar-refractivity contribution in [1.82, 2.24) is 15.6 Å². The summed E-state index contributed by atoms with van der Waals surface area (Å²) in [5, 5.41) is 8.00. The lowest BCUT2D eigenvalue weighted by Gasteiger charge is -2.16. The summed E-state index contributed by atoms with van der Waals surface area (Å²) >= 11 is 0. The number of urea groups is 1. The summed E-state index contributed by atoms with van der Waals surface area (Å²) in [6, 6.07) is 12.3. The minimum absolute atomic E-state index is 0.169. The summed E-state index contributed by atoms with van der Waals surface area (Å²) in [7, 11) is 1.52. The topological polar surface area (TPSA) is 139 Å². The molecule has 1 heterocycles. The number of hydrogen-bond donors (Lipinski definition) is 4. The van der Waals surface area contributed by atoms with Crippen molar-refractivity contribution in [1.29, 1.82) is 0 Å². The number of fused-ring (bicyclic) bond motifs is 1. The molecule has 4 amide bonds. The van der Waals surface area contributed by atoms with E-state index in [1.165, 1.54) is 14.0 Å². The van der Waals surface area contributed by atoms with E-state index in [0.717, 1.165) is 16.5 Å². The Balaban J connectivity index is 1.53. The van der Waals surface area contributed by atoms with Gasteiger partial charge in [0.1, 0.15) is 11.8 Å². The number of rotatable bonds is 8. The molecule has 33 heavy (non-hydrogen) atoms. The number of carbonyl (C=O) groups excluding carboxylic acids is 4. The number of aromatic amines is 1. The first-order chi connectivity index (χ1) is 15.9. The van der Waals surface area contributed by atoms with E-state index < -0.39 is 36.5 Å². The number of hydrogen-bond acceptors (Lipinski definition) is 6. The second kappa shape index (κ2) is 10.8. The van der Waals surface area contributed by atoms with Crippen LogP contribution in [0.2, 0.25) is 0 Å². The molecule has 0 fully saturated rings. The normalized spacial score (nSPS) is 11.3. The highest BCUT2D eigenvalue weighted by Gasteiger charge is 2.24. The molecule has 4 N–H and O–H groups in total. The molecule has 1 atom stereocenters. The van der Waals surface area contributed by atoms with E-state index in [1.54, 1.807) is 30.5 Å². The summed E-state index contributed by atoms with van der Waals surface area (Å²) < 4.78 is 10.1. The average Bonchev–Trinajstić information content (AvgIpc) is 3.20. The molecule has 0 radical (unpaired) electrons. The van der Waals surface area contributed by atoms with Gasteiger partial charge in [-0.15, -0.1) is 0 Å². The SMILES string of the molecule is COc1ccc(NC(=O)NC(=O)COC(=O)[C@H](Cc2c[nH]c3ccccc23)NC(C)=O)cc1. The summed E-state index contributed by atoms with van der Waals surface area (Å²) in [6.45, 7) is 0.602. The fourth-order valence-corrected chi connectivity index (χ4v) is 3.20. The fraction of sp³-hybridized carbons (Fsp3) is 0.217. The van der Waals surface area contributed by atoms with Crippen LogP contribution in [0.5, 0.6) is 5.75 Å². The van der Waals surface area contributed by atoms with Crippen LogP contribution in [0, 0.1) is 0 Å². The highest BCUT2D eigenvalue weighted by molar-refractivity contribution is 6.02. The molecule has 0 unspecified atom stereocenters. The zero-order valence-electron chi connectivity index (χ0n) is 18.1. The van der Waals surface area contributed by atoms with Crippen molar-refractivity contribution in [3.8, 4) is 5.75 Å². The van der Waals surface area contributed by atoms with Crippen LogP contribution < -0.4 is 20.7 Å². The molecule has 0 aliphatic heterocycles. The summed E-state index contributed by atoms with van der Waals surface area (Å²) in [4.78, 5) is 51.2. The number of carbonyl (C=O) groups is 4. The van der Waals surface area contributed by atoms with Crippen LogP contribution in [0.15, 0.2) is 54.7 Å². The van der Waals surface area contributed by atoms with Crippen molar-refractivity contribution in [2.75, 3.05) is 19.0 Å². The number of H-pyrrole nitrogens is 1. The lowest BCUT2D eigenvalue weighted by atomic mass is 10.0. The van der Waals surface area contributed by atoms with Gasteiger partial charge in [-0.25, -0.2) is 9.59 Å². The van der Waals surface area contributed by atoms with Crippen molar-refractivity contribution in [3.05, 3.63) is 60.3 Å². The van der Waals surface area contributed by atoms with Gasteiger partial charge in [0.05, 0.1) is 7.11 Å². The molecule has 0 saturated heterocycles. The zero-order valence-corrected chi connectivity index (χ0v) is 18.1. The van der Waals surface area contributed by atoms with Crippen LogP contribution in [-0.2, 0) is 25.5 Å². The number of anilines is 1. The number of benzene rings is 2. The third-order valence-electron chi connectivity index (χ3n) is 4.71. The molecular formula is C23H24N4O6. The monoisotopic (exact) mass is 452 g/mol. The third kappa shape index (κ3) is 6.57. The summed E-state index contributed by atoms with van der Waals surface area (Å²) in [5.41, 5.74) is 2.15. The molecule has 0 saturated carbocycles. The number of esters is 1. The van der Waals surface area contributed by atoms with Crippen LogP contribution in [0.25, 0.3) is 10.9 Å². The van der Waals surface area contributed by atoms with E-state index in [-0.39, 0.29) is 6.42 Å². The van der Waals surface area contributed by atoms with Gasteiger partial charge in [0, 0.05) is 36.1 Å². The van der Waals surface area contributed by atoms with Gasteiger partial charge < -0.3 is 25.1 Å². The van der Waals surface area contributed by atoms with Crippen molar-refractivity contribution < 1.29 is 28.7 Å². The van der Waals surface area contributed by atoms with Crippen LogP contribution >= 0.6 is 0 Å². The van der Waals surface area contributed by atoms with Crippen LogP contribution in [-0.4, -0.2) is 48.6 Å². The molecule has 0 aliphatic carbocycles. The van der Waals surface area contributed by atoms with Gasteiger partial charge in [-0.05, 0) is 35.9 Å². The van der Waals surface area contributed by atoms with Gasteiger partial charge in [0.2, 0.25) is 5.91 Å². The van der Waals surface area contributed by atoms with E-state index in [2.05, 4.69) is 20.9 Å². The van der Waals surface area contributed by atoms with Gasteiger partial charge >= 0.3 is 12.0 Å². The fourth-order valence-electron chi connectivity index (χ4n) is 3.20. The standard InChI is InChI=1S/C23H24N4O6/c1-14(28)25-20(11-15-12-24-19-6-4-3-5-18(15)19)22(30)33-13-21(29)27-23(31)26-16-7-9-17(32-2)10-8-16/h3-10,12,20,24H,11,13H2,1-2H3,(H,25,28)(H2,26,27,29,31)/t20-/m0/s1. The molecule has 172 valence electrons. The van der Waals surface area contributed by atoms with Crippen molar-refractivity contribution in [2.24, 2.45) is 0 Å². The molecule has 2 aromatic carbocycles. The maximum absolute atomic E-state index is 12.5. The first-order valence-corrected chi connectivity index (χ1v) is 10.1. The molecular weight excluding hydrogens is 428 g/mol. The predicted molar refractivity (Wildman–Crippen MR) is 121 cm³/mol. The Bertz CT molecular complexity index is 1160. The van der Waals surface area contributed by atoms with Crippen molar-refractivity contribution >= 4 is 40.4 Å². The van der Waals surface area contributed by atoms with Crippen molar-refractivity contribution in [3.63, 3.8) is 0 Å². The number of ether oxygens (including phenoxy) is 2. The first kappa shape index (κ1) is 23.3. The number of aromatic nitrogens is 1. The Kier molecular flexibility index (Phi) is 7.64. The van der Waals surface area contributed by atoms with Crippen LogP contribution in [0.3, 0.4) is 0 Å². The lowest BCUT2D eigenvalue weighted by Crippen LogP contribution is -2.44. The number of imide groups is 1. The molecule has 1 aromatic heterocycles. The molecule has 3 aromatic rings. The molecule has 0 bridgehead atoms. The van der Waals surface area contributed by atoms with E-state index in [1.807, 2.05) is 24.3 Å². The van der Waals surface area contributed by atoms with Crippen molar-refractivity contribution in [2.45, 2.75) is 19.4 Å². The molecule has 10 heteroatoms. The zero-order chi connectivity index (χ0) is 23.8. The van der Waals surface area contributed by atoms with Gasteiger partial charge in [0.25, 0.3) is 5.91 Å². The molecule has 3 rings (SSSR count). The molecule has 10 nitrogen and oxygen atoms in total. The Morgan fingerprint density at radius 2 is 1.76 bits per heavy atom. The number of methoxy groups -OCH3 is 1. The van der Waals surface area contributed by atoms with Gasteiger partial charge in [0.15, 0.2) is 6.61 Å². The Morgan fingerprint density at radius 1 is 1.03 bits per heavy atom. The van der Waals surface area contributed by atoms with E-state index >= 15 is 0 Å². The second-order valence-electron chi connectivity index (χ2n) is 7.16. The summed E-state index contributed by atoms with van der Waals surface area (Å²) in [6.07, 6.45) is 1.92. The Morgan fingerprint density at radius 3 is 2.45 bits per heavy atom. The molecule has 0 aliphatic rings. The summed E-state index contributed by atoms with van der Waals surface area (Å²) in [5.74, 6) is -1.41. The first-order valence-electron chi connectivity index (χ1n) is 10.1. The molecule has 0 spiro atoms. The van der Waals surface area contributed by atoms with Crippen LogP contribution in [0.1, 0.15) is 12.5 Å². The number of para-hydroxylation sites is 1. The van der Waals surface area contributed by atoms with E-state index in [9.17, 15) is 19.2 Å². The highest BCUT2D eigenvalue weighted by Crippen LogP contribution is 2.19. The predicted octanol–water partition coefficient (Wildman–Crippen LogP) is 2.12. The maximum Gasteiger partial charge on any atom is 0.329 e. The Labute approximate surface area is 189 Å². The van der Waals surface area contributed by atoms with E-state index in [0.29, 0.717) is 11.4 Å². The van der Waals surface area contributed by atoms with E-state index in [4.69, 9.17) is 9.47 Å². The number of nitrogens with one attached hydrogen (secondary N) is 4. The minimum Gasteiger partial charge on any atom is -0.497 e. The lowest BCUT2D eigenvalue weighted by molar-refractivity contribution is -0.151. The highest BCUT2D eigenvalue weighted by atomic mass is 16.5. The second-order valence-corrected chi connectivity index (χ2v) is 7.16. The average molecular weight is 452 g/mol. The van der Waals surface area contributed by atoms with Crippen LogP contribution in [0.4, 0.5) is 10.5 Å². The minimum atomic E-state index is -0.998. The maximum atomic E-state index is 12.5. The van der Waals surface area contributed by atoms with Gasteiger partial charge in [-0.3, -0.25) is 14.9 Å².